The van der Waals surface area contributed by atoms with Gasteiger partial charge >= 0.3 is 0 Å². The van der Waals surface area contributed by atoms with E-state index < -0.39 is 0 Å². The van der Waals surface area contributed by atoms with Crippen molar-refractivity contribution in [3.8, 4) is 0 Å². The van der Waals surface area contributed by atoms with Crippen molar-refractivity contribution in [2.45, 2.75) is 58.0 Å². The lowest BCUT2D eigenvalue weighted by molar-refractivity contribution is 0.389. The second-order valence-electron chi connectivity index (χ2n) is 7.79. The van der Waals surface area contributed by atoms with Crippen molar-refractivity contribution in [1.29, 1.82) is 0 Å². The van der Waals surface area contributed by atoms with Crippen molar-refractivity contribution in [3.63, 3.8) is 0 Å². The van der Waals surface area contributed by atoms with Gasteiger partial charge in [0.15, 0.2) is 0 Å². The van der Waals surface area contributed by atoms with Crippen molar-refractivity contribution in [3.05, 3.63) is 29.6 Å². The van der Waals surface area contributed by atoms with Gasteiger partial charge in [-0.3, -0.25) is 0 Å². The quantitative estimate of drug-likeness (QED) is 0.912. The number of benzene rings is 1. The van der Waals surface area contributed by atoms with E-state index in [1.807, 2.05) is 0 Å². The summed E-state index contributed by atoms with van der Waals surface area (Å²) in [6, 6.07) is 6.51. The monoisotopic (exact) mass is 283 g/mol. The van der Waals surface area contributed by atoms with Crippen LogP contribution in [0.3, 0.4) is 0 Å². The Morgan fingerprint density at radius 1 is 1.24 bits per heavy atom. The molecule has 3 heteroatoms. The maximum atomic E-state index is 5.78. The fourth-order valence-corrected chi connectivity index (χ4v) is 4.40. The lowest BCUT2D eigenvalue weighted by Gasteiger charge is -2.25. The topological polar surface area (TPSA) is 43.8 Å². The maximum absolute atomic E-state index is 5.78. The molecular formula is C18H25N3. The van der Waals surface area contributed by atoms with Crippen LogP contribution in [0, 0.1) is 11.8 Å². The minimum absolute atomic E-state index is 0.0746. The van der Waals surface area contributed by atoms with Gasteiger partial charge in [0.1, 0.15) is 5.82 Å². The van der Waals surface area contributed by atoms with Crippen LogP contribution in [0.2, 0.25) is 0 Å². The first-order valence-electron chi connectivity index (χ1n) is 8.22. The molecule has 0 saturated heterocycles. The molecule has 0 aliphatic heterocycles. The molecule has 0 bridgehead atoms. The van der Waals surface area contributed by atoms with E-state index in [-0.39, 0.29) is 5.54 Å². The number of nitrogens with two attached hydrogens (primary N) is 1. The Labute approximate surface area is 126 Å². The van der Waals surface area contributed by atoms with Crippen LogP contribution in [0.5, 0.6) is 0 Å². The van der Waals surface area contributed by atoms with Crippen molar-refractivity contribution >= 4 is 11.0 Å². The van der Waals surface area contributed by atoms with Gasteiger partial charge in [0.2, 0.25) is 0 Å². The van der Waals surface area contributed by atoms with Gasteiger partial charge in [-0.05, 0) is 63.1 Å². The molecule has 2 atom stereocenters. The smallest absolute Gasteiger partial charge is 0.114 e. The van der Waals surface area contributed by atoms with Crippen molar-refractivity contribution in [1.82, 2.24) is 9.55 Å². The molecule has 1 aromatic carbocycles. The molecule has 0 radical (unpaired) electrons. The van der Waals surface area contributed by atoms with Crippen LogP contribution in [0.1, 0.15) is 57.3 Å². The normalized spacial score (nSPS) is 28.1. The van der Waals surface area contributed by atoms with Crippen molar-refractivity contribution in [2.75, 3.05) is 0 Å². The van der Waals surface area contributed by atoms with Crippen LogP contribution in [0.4, 0.5) is 0 Å². The number of rotatable bonds is 2. The van der Waals surface area contributed by atoms with Gasteiger partial charge in [-0.1, -0.05) is 12.5 Å². The molecule has 2 N–H and O–H groups in total. The molecule has 0 amide bonds. The Bertz CT molecular complexity index is 682. The standard InChI is InChI=1S/C18H25N3/c1-18(2,3)21-15-8-7-11(10-19)9-14(15)20-17(21)16-12-5-4-6-13(12)16/h7-9,12-13,16H,4-6,10,19H2,1-3H3. The van der Waals surface area contributed by atoms with E-state index in [4.69, 9.17) is 10.7 Å². The Morgan fingerprint density at radius 2 is 1.95 bits per heavy atom. The second kappa shape index (κ2) is 4.33. The molecule has 1 heterocycles. The first-order chi connectivity index (χ1) is 10.0. The number of fused-ring (bicyclic) bond motifs is 2. The summed E-state index contributed by atoms with van der Waals surface area (Å²) in [5.41, 5.74) is 9.41. The van der Waals surface area contributed by atoms with Crippen LogP contribution >= 0.6 is 0 Å². The van der Waals surface area contributed by atoms with Gasteiger partial charge in [-0.2, -0.15) is 0 Å². The van der Waals surface area contributed by atoms with Gasteiger partial charge in [0.05, 0.1) is 11.0 Å². The van der Waals surface area contributed by atoms with E-state index in [2.05, 4.69) is 43.5 Å². The van der Waals surface area contributed by atoms with Crippen LogP contribution in [-0.2, 0) is 12.1 Å². The number of nitrogens with zero attached hydrogens (tertiary/aromatic N) is 2. The molecule has 2 saturated carbocycles. The minimum Gasteiger partial charge on any atom is -0.326 e. The molecule has 3 nitrogen and oxygen atoms in total. The third-order valence-corrected chi connectivity index (χ3v) is 5.36. The highest BCUT2D eigenvalue weighted by Crippen LogP contribution is 2.63. The molecule has 112 valence electrons. The zero-order valence-electron chi connectivity index (χ0n) is 13.3. The van der Waals surface area contributed by atoms with E-state index >= 15 is 0 Å². The van der Waals surface area contributed by atoms with Crippen LogP contribution in [0.25, 0.3) is 11.0 Å². The highest BCUT2D eigenvalue weighted by molar-refractivity contribution is 5.77. The Hall–Kier alpha value is -1.35. The summed E-state index contributed by atoms with van der Waals surface area (Å²) in [6.45, 7) is 7.44. The molecular weight excluding hydrogens is 258 g/mol. The SMILES string of the molecule is CC(C)(C)n1c(C2C3CCCC32)nc2cc(CN)ccc21. The molecule has 2 aromatic rings. The molecule has 2 aliphatic carbocycles. The first kappa shape index (κ1) is 13.3. The third-order valence-electron chi connectivity index (χ3n) is 5.36. The zero-order chi connectivity index (χ0) is 14.8. The lowest BCUT2D eigenvalue weighted by Crippen LogP contribution is -2.24. The van der Waals surface area contributed by atoms with E-state index in [0.29, 0.717) is 12.5 Å². The van der Waals surface area contributed by atoms with Gasteiger partial charge in [-0.25, -0.2) is 4.98 Å². The molecule has 2 fully saturated rings. The van der Waals surface area contributed by atoms with E-state index in [1.54, 1.807) is 0 Å². The van der Waals surface area contributed by atoms with E-state index in [0.717, 1.165) is 17.4 Å². The fraction of sp³-hybridized carbons (Fsp3) is 0.611. The van der Waals surface area contributed by atoms with Crippen LogP contribution < -0.4 is 5.73 Å². The van der Waals surface area contributed by atoms with Crippen LogP contribution in [0.15, 0.2) is 18.2 Å². The molecule has 4 rings (SSSR count). The average Bonchev–Trinajstić information content (AvgIpc) is 2.82. The Kier molecular flexibility index (Phi) is 2.74. The predicted octanol–water partition coefficient (Wildman–Crippen LogP) is 3.76. The lowest BCUT2D eigenvalue weighted by atomic mass is 10.1. The minimum atomic E-state index is 0.0746. The summed E-state index contributed by atoms with van der Waals surface area (Å²) in [4.78, 5) is 5.04. The zero-order valence-corrected chi connectivity index (χ0v) is 13.3. The first-order valence-corrected chi connectivity index (χ1v) is 8.22. The van der Waals surface area contributed by atoms with Gasteiger partial charge < -0.3 is 10.3 Å². The highest BCUT2D eigenvalue weighted by Gasteiger charge is 2.55. The molecule has 2 aliphatic rings. The number of hydrogen-bond donors (Lipinski definition) is 1. The summed E-state index contributed by atoms with van der Waals surface area (Å²) < 4.78 is 2.48. The Balaban J connectivity index is 1.88. The van der Waals surface area contributed by atoms with Gasteiger partial charge in [0, 0.05) is 18.0 Å². The number of hydrogen-bond acceptors (Lipinski definition) is 2. The van der Waals surface area contributed by atoms with E-state index in [9.17, 15) is 0 Å². The predicted molar refractivity (Wildman–Crippen MR) is 86.2 cm³/mol. The summed E-state index contributed by atoms with van der Waals surface area (Å²) in [5.74, 6) is 3.82. The summed E-state index contributed by atoms with van der Waals surface area (Å²) in [7, 11) is 0. The van der Waals surface area contributed by atoms with Crippen LogP contribution in [-0.4, -0.2) is 9.55 Å². The Morgan fingerprint density at radius 3 is 2.57 bits per heavy atom. The second-order valence-corrected chi connectivity index (χ2v) is 7.79. The number of aromatic nitrogens is 2. The molecule has 1 aromatic heterocycles. The van der Waals surface area contributed by atoms with Gasteiger partial charge in [-0.15, -0.1) is 0 Å². The summed E-state index contributed by atoms with van der Waals surface area (Å²) >= 11 is 0. The molecule has 2 unspecified atom stereocenters. The summed E-state index contributed by atoms with van der Waals surface area (Å²) in [5, 5.41) is 0. The third kappa shape index (κ3) is 1.94. The average molecular weight is 283 g/mol. The number of imidazole rings is 1. The molecule has 21 heavy (non-hydrogen) atoms. The highest BCUT2D eigenvalue weighted by atomic mass is 15.1. The fourth-order valence-electron chi connectivity index (χ4n) is 4.40. The van der Waals surface area contributed by atoms with Gasteiger partial charge in [0.25, 0.3) is 0 Å². The summed E-state index contributed by atoms with van der Waals surface area (Å²) in [6.07, 6.45) is 4.21. The van der Waals surface area contributed by atoms with Crippen molar-refractivity contribution in [2.24, 2.45) is 17.6 Å². The molecule has 0 spiro atoms. The van der Waals surface area contributed by atoms with E-state index in [1.165, 1.54) is 36.2 Å². The van der Waals surface area contributed by atoms with Crippen molar-refractivity contribution < 1.29 is 0 Å². The largest absolute Gasteiger partial charge is 0.326 e. The maximum Gasteiger partial charge on any atom is 0.114 e.